The van der Waals surface area contributed by atoms with E-state index >= 15 is 0 Å². The molecule has 25 heavy (non-hydrogen) atoms. The van der Waals surface area contributed by atoms with Gasteiger partial charge in [-0.25, -0.2) is 0 Å². The van der Waals surface area contributed by atoms with Gasteiger partial charge in [-0.05, 0) is 42.3 Å². The predicted molar refractivity (Wildman–Crippen MR) is 95.9 cm³/mol. The van der Waals surface area contributed by atoms with E-state index in [1.54, 1.807) is 50.4 Å². The lowest BCUT2D eigenvalue weighted by Gasteiger charge is -2.24. The minimum Gasteiger partial charge on any atom is -0.497 e. The van der Waals surface area contributed by atoms with Gasteiger partial charge in [-0.15, -0.1) is 0 Å². The zero-order chi connectivity index (χ0) is 18.4. The number of aliphatic carboxylic acids is 1. The van der Waals surface area contributed by atoms with E-state index in [1.165, 1.54) is 4.90 Å². The summed E-state index contributed by atoms with van der Waals surface area (Å²) in [6.45, 7) is 1.62. The summed E-state index contributed by atoms with van der Waals surface area (Å²) in [6, 6.07) is 14.2. The van der Waals surface area contributed by atoms with Crippen molar-refractivity contribution in [1.29, 1.82) is 0 Å². The highest BCUT2D eigenvalue weighted by Gasteiger charge is 2.24. The standard InChI is InChI=1S/C19H20ClNO4/c1-13(15-5-9-17(25-2)10-6-15)19(24)21(12-18(22)23)11-14-3-7-16(20)8-4-14/h3-10,13H,11-12H2,1-2H3,(H,22,23). The van der Waals surface area contributed by atoms with E-state index < -0.39 is 11.9 Å². The summed E-state index contributed by atoms with van der Waals surface area (Å²) in [4.78, 5) is 25.3. The van der Waals surface area contributed by atoms with Gasteiger partial charge in [0, 0.05) is 11.6 Å². The van der Waals surface area contributed by atoms with Gasteiger partial charge in [-0.2, -0.15) is 0 Å². The van der Waals surface area contributed by atoms with Crippen LogP contribution in [0.25, 0.3) is 0 Å². The molecule has 6 heteroatoms. The maximum Gasteiger partial charge on any atom is 0.323 e. The summed E-state index contributed by atoms with van der Waals surface area (Å²) >= 11 is 5.87. The van der Waals surface area contributed by atoms with Crippen LogP contribution in [-0.2, 0) is 16.1 Å². The van der Waals surface area contributed by atoms with Crippen molar-refractivity contribution in [1.82, 2.24) is 4.90 Å². The molecule has 0 heterocycles. The Balaban J connectivity index is 2.18. The van der Waals surface area contributed by atoms with Crippen LogP contribution in [-0.4, -0.2) is 35.5 Å². The van der Waals surface area contributed by atoms with E-state index in [2.05, 4.69) is 0 Å². The molecule has 5 nitrogen and oxygen atoms in total. The number of carboxylic acids is 1. The van der Waals surface area contributed by atoms with Gasteiger partial charge in [0.1, 0.15) is 12.3 Å². The minimum atomic E-state index is -1.05. The number of methoxy groups -OCH3 is 1. The van der Waals surface area contributed by atoms with Crippen molar-refractivity contribution in [2.45, 2.75) is 19.4 Å². The van der Waals surface area contributed by atoms with Gasteiger partial charge >= 0.3 is 5.97 Å². The molecule has 2 aromatic carbocycles. The average molecular weight is 362 g/mol. The van der Waals surface area contributed by atoms with Crippen molar-refractivity contribution in [3.05, 3.63) is 64.7 Å². The summed E-state index contributed by atoms with van der Waals surface area (Å²) < 4.78 is 5.11. The number of rotatable bonds is 7. The number of carbonyl (C=O) groups excluding carboxylic acids is 1. The van der Waals surface area contributed by atoms with Gasteiger partial charge in [-0.1, -0.05) is 35.9 Å². The molecule has 0 saturated carbocycles. The van der Waals surface area contributed by atoms with Gasteiger partial charge in [0.2, 0.25) is 5.91 Å². The molecule has 0 fully saturated rings. The number of hydrogen-bond acceptors (Lipinski definition) is 3. The van der Waals surface area contributed by atoms with Crippen molar-refractivity contribution >= 4 is 23.5 Å². The summed E-state index contributed by atoms with van der Waals surface area (Å²) in [5, 5.41) is 9.73. The Morgan fingerprint density at radius 3 is 2.24 bits per heavy atom. The number of ether oxygens (including phenoxy) is 1. The Bertz CT molecular complexity index is 728. The molecule has 0 radical (unpaired) electrons. The smallest absolute Gasteiger partial charge is 0.323 e. The highest BCUT2D eigenvalue weighted by molar-refractivity contribution is 6.30. The SMILES string of the molecule is COc1ccc(C(C)C(=O)N(CC(=O)O)Cc2ccc(Cl)cc2)cc1. The second-order valence-corrected chi connectivity index (χ2v) is 6.15. The summed E-state index contributed by atoms with van der Waals surface area (Å²) in [5.41, 5.74) is 1.62. The van der Waals surface area contributed by atoms with Gasteiger partial charge < -0.3 is 14.7 Å². The monoisotopic (exact) mass is 361 g/mol. The molecule has 1 N–H and O–H groups in total. The molecular weight excluding hydrogens is 342 g/mol. The van der Waals surface area contributed by atoms with E-state index in [9.17, 15) is 9.59 Å². The van der Waals surface area contributed by atoms with Crippen LogP contribution >= 0.6 is 11.6 Å². The van der Waals surface area contributed by atoms with E-state index in [0.717, 1.165) is 11.1 Å². The topological polar surface area (TPSA) is 66.8 Å². The molecule has 0 bridgehead atoms. The quantitative estimate of drug-likeness (QED) is 0.818. The van der Waals surface area contributed by atoms with E-state index in [4.69, 9.17) is 21.4 Å². The zero-order valence-corrected chi connectivity index (χ0v) is 14.9. The number of carbonyl (C=O) groups is 2. The number of carboxylic acid groups (broad SMARTS) is 1. The molecule has 0 saturated heterocycles. The summed E-state index contributed by atoms with van der Waals surface area (Å²) in [5.74, 6) is -1.06. The van der Waals surface area contributed by atoms with Crippen LogP contribution in [0.2, 0.25) is 5.02 Å². The molecule has 1 unspecified atom stereocenters. The number of nitrogens with zero attached hydrogens (tertiary/aromatic N) is 1. The molecule has 132 valence electrons. The van der Waals surface area contributed by atoms with Crippen molar-refractivity contribution in [2.75, 3.05) is 13.7 Å². The van der Waals surface area contributed by atoms with Gasteiger partial charge in [-0.3, -0.25) is 9.59 Å². The fraction of sp³-hybridized carbons (Fsp3) is 0.263. The second-order valence-electron chi connectivity index (χ2n) is 5.71. The first-order valence-corrected chi connectivity index (χ1v) is 8.17. The van der Waals surface area contributed by atoms with Gasteiger partial charge in [0.05, 0.1) is 13.0 Å². The Labute approximate surface area is 151 Å². The third kappa shape index (κ3) is 5.22. The second kappa shape index (κ2) is 8.53. The van der Waals surface area contributed by atoms with Crippen LogP contribution in [0.3, 0.4) is 0 Å². The van der Waals surface area contributed by atoms with Crippen molar-refractivity contribution in [2.24, 2.45) is 0 Å². The van der Waals surface area contributed by atoms with Gasteiger partial charge in [0.15, 0.2) is 0 Å². The molecule has 1 amide bonds. The number of amides is 1. The minimum absolute atomic E-state index is 0.211. The third-order valence-corrected chi connectivity index (χ3v) is 4.16. The Hall–Kier alpha value is -2.53. The fourth-order valence-corrected chi connectivity index (χ4v) is 2.62. The van der Waals surface area contributed by atoms with Crippen LogP contribution < -0.4 is 4.74 Å². The first kappa shape index (κ1) is 18.8. The molecular formula is C19H20ClNO4. The molecule has 0 aromatic heterocycles. The predicted octanol–water partition coefficient (Wildman–Crippen LogP) is 3.57. The van der Waals surface area contributed by atoms with Crippen molar-refractivity contribution in [3.63, 3.8) is 0 Å². The number of benzene rings is 2. The lowest BCUT2D eigenvalue weighted by molar-refractivity contribution is -0.145. The lowest BCUT2D eigenvalue weighted by Crippen LogP contribution is -2.37. The normalized spacial score (nSPS) is 11.6. The number of hydrogen-bond donors (Lipinski definition) is 1. The first-order chi connectivity index (χ1) is 11.9. The maximum atomic E-state index is 12.8. The van der Waals surface area contributed by atoms with E-state index in [-0.39, 0.29) is 19.0 Å². The molecule has 0 aliphatic carbocycles. The van der Waals surface area contributed by atoms with E-state index in [1.807, 2.05) is 12.1 Å². The Morgan fingerprint density at radius 2 is 1.72 bits per heavy atom. The molecule has 0 aliphatic heterocycles. The molecule has 0 spiro atoms. The summed E-state index contributed by atoms with van der Waals surface area (Å²) in [6.07, 6.45) is 0. The van der Waals surface area contributed by atoms with Crippen molar-refractivity contribution in [3.8, 4) is 5.75 Å². The maximum absolute atomic E-state index is 12.8. The van der Waals surface area contributed by atoms with Crippen LogP contribution in [0.15, 0.2) is 48.5 Å². The van der Waals surface area contributed by atoms with Crippen LogP contribution in [0.5, 0.6) is 5.75 Å². The largest absolute Gasteiger partial charge is 0.497 e. The highest BCUT2D eigenvalue weighted by atomic mass is 35.5. The molecule has 0 aliphatic rings. The first-order valence-electron chi connectivity index (χ1n) is 7.79. The zero-order valence-electron chi connectivity index (χ0n) is 14.1. The fourth-order valence-electron chi connectivity index (χ4n) is 2.49. The Morgan fingerprint density at radius 1 is 1.12 bits per heavy atom. The third-order valence-electron chi connectivity index (χ3n) is 3.91. The van der Waals surface area contributed by atoms with Crippen LogP contribution in [0.4, 0.5) is 0 Å². The van der Waals surface area contributed by atoms with E-state index in [0.29, 0.717) is 10.8 Å². The lowest BCUT2D eigenvalue weighted by atomic mass is 9.99. The summed E-state index contributed by atoms with van der Waals surface area (Å²) in [7, 11) is 1.57. The molecule has 1 atom stereocenters. The average Bonchev–Trinajstić information content (AvgIpc) is 2.61. The van der Waals surface area contributed by atoms with Crippen molar-refractivity contribution < 1.29 is 19.4 Å². The van der Waals surface area contributed by atoms with Crippen LogP contribution in [0, 0.1) is 0 Å². The van der Waals surface area contributed by atoms with Crippen LogP contribution in [0.1, 0.15) is 24.0 Å². The molecule has 2 rings (SSSR count). The molecule has 2 aromatic rings. The Kier molecular flexibility index (Phi) is 6.42. The number of halogens is 1. The highest BCUT2D eigenvalue weighted by Crippen LogP contribution is 2.22. The van der Waals surface area contributed by atoms with Gasteiger partial charge in [0.25, 0.3) is 0 Å².